The zero-order valence-corrected chi connectivity index (χ0v) is 13.0. The number of ether oxygens (including phenoxy) is 1. The van der Waals surface area contributed by atoms with E-state index in [0.717, 1.165) is 38.0 Å². The van der Waals surface area contributed by atoms with Gasteiger partial charge in [0, 0.05) is 11.8 Å². The van der Waals surface area contributed by atoms with E-state index in [0.29, 0.717) is 13.1 Å². The Morgan fingerprint density at radius 1 is 1.25 bits per heavy atom. The Balaban J connectivity index is 2.21. The second-order valence-corrected chi connectivity index (χ2v) is 6.44. The van der Waals surface area contributed by atoms with Crippen LogP contribution in [0.4, 0.5) is 0 Å². The van der Waals surface area contributed by atoms with Crippen LogP contribution in [0, 0.1) is 0 Å². The van der Waals surface area contributed by atoms with Crippen LogP contribution >= 0.6 is 0 Å². The van der Waals surface area contributed by atoms with Gasteiger partial charge in [-0.05, 0) is 30.7 Å². The van der Waals surface area contributed by atoms with Gasteiger partial charge in [-0.1, -0.05) is 19.9 Å². The van der Waals surface area contributed by atoms with Gasteiger partial charge in [-0.2, -0.15) is 0 Å². The van der Waals surface area contributed by atoms with Crippen molar-refractivity contribution in [2.75, 3.05) is 26.0 Å². The van der Waals surface area contributed by atoms with Crippen molar-refractivity contribution >= 4 is 10.0 Å². The predicted molar refractivity (Wildman–Crippen MR) is 80.4 cm³/mol. The minimum Gasteiger partial charge on any atom is -0.545 e. The molecule has 2 N–H and O–H groups in total. The number of sulfonamides is 1. The first-order valence-corrected chi connectivity index (χ1v) is 8.78. The first-order chi connectivity index (χ1) is 9.51. The van der Waals surface area contributed by atoms with Crippen molar-refractivity contribution in [3.8, 4) is 5.75 Å². The van der Waals surface area contributed by atoms with E-state index in [4.69, 9.17) is 4.74 Å². The van der Waals surface area contributed by atoms with E-state index in [9.17, 15) is 8.42 Å². The van der Waals surface area contributed by atoms with Crippen LogP contribution in [0.3, 0.4) is 0 Å². The van der Waals surface area contributed by atoms with Crippen LogP contribution in [0.25, 0.3) is 4.72 Å². The van der Waals surface area contributed by atoms with Gasteiger partial charge in [-0.3, -0.25) is 0 Å². The fourth-order valence-corrected chi connectivity index (χ4v) is 2.07. The molecule has 6 heteroatoms. The molecule has 0 aliphatic heterocycles. The van der Waals surface area contributed by atoms with E-state index < -0.39 is 10.0 Å². The molecule has 0 radical (unpaired) electrons. The average molecular weight is 300 g/mol. The van der Waals surface area contributed by atoms with Crippen LogP contribution in [0.1, 0.15) is 25.3 Å². The van der Waals surface area contributed by atoms with Gasteiger partial charge in [0.1, 0.15) is 12.3 Å². The van der Waals surface area contributed by atoms with Crippen LogP contribution in [0.15, 0.2) is 24.3 Å². The molecule has 0 unspecified atom stereocenters. The van der Waals surface area contributed by atoms with Gasteiger partial charge >= 0.3 is 0 Å². The molecule has 0 saturated carbocycles. The maximum absolute atomic E-state index is 10.8. The highest BCUT2D eigenvalue weighted by Gasteiger charge is 1.97. The lowest BCUT2D eigenvalue weighted by Crippen LogP contribution is -2.83. The summed E-state index contributed by atoms with van der Waals surface area (Å²) in [6.45, 7) is 4.71. The lowest BCUT2D eigenvalue weighted by molar-refractivity contribution is -0.667. The Labute approximate surface area is 121 Å². The summed E-state index contributed by atoms with van der Waals surface area (Å²) in [5, 5.41) is 2.04. The molecular formula is C14H24N2O3S. The number of hydrogen-bond acceptors (Lipinski definition) is 3. The first-order valence-electron chi connectivity index (χ1n) is 6.93. The molecule has 20 heavy (non-hydrogen) atoms. The maximum atomic E-state index is 10.8. The van der Waals surface area contributed by atoms with Gasteiger partial charge in [-0.25, -0.2) is 8.42 Å². The number of quaternary nitrogens is 1. The maximum Gasteiger partial charge on any atom is 0.119 e. The van der Waals surface area contributed by atoms with Crippen molar-refractivity contribution in [1.29, 1.82) is 0 Å². The molecule has 0 aromatic heterocycles. The third-order valence-corrected chi connectivity index (χ3v) is 3.38. The summed E-state index contributed by atoms with van der Waals surface area (Å²) in [4.78, 5) is 0. The lowest BCUT2D eigenvalue weighted by Gasteiger charge is -2.14. The molecule has 0 saturated heterocycles. The smallest absolute Gasteiger partial charge is 0.119 e. The summed E-state index contributed by atoms with van der Waals surface area (Å²) < 4.78 is 30.8. The van der Waals surface area contributed by atoms with Crippen LogP contribution in [0.5, 0.6) is 5.75 Å². The topological polar surface area (TPSA) is 74.1 Å². The Hall–Kier alpha value is -1.11. The monoisotopic (exact) mass is 300 g/mol. The number of nitrogens with zero attached hydrogens (tertiary/aromatic N) is 1. The SMILES string of the molecule is CCCCOc1ccc(C[NH2+]CC[N-]S(C)(=O)=O)cc1. The fourth-order valence-electron chi connectivity index (χ4n) is 1.63. The molecule has 0 fully saturated rings. The Morgan fingerprint density at radius 2 is 1.95 bits per heavy atom. The Morgan fingerprint density at radius 3 is 2.55 bits per heavy atom. The van der Waals surface area contributed by atoms with E-state index in [-0.39, 0.29) is 0 Å². The average Bonchev–Trinajstić information content (AvgIpc) is 2.39. The fraction of sp³-hybridized carbons (Fsp3) is 0.571. The number of hydrogen-bond donors (Lipinski definition) is 1. The first kappa shape index (κ1) is 16.9. The highest BCUT2D eigenvalue weighted by Crippen LogP contribution is 2.11. The minimum atomic E-state index is -3.20. The van der Waals surface area contributed by atoms with Crippen molar-refractivity contribution in [2.24, 2.45) is 0 Å². The molecule has 1 aromatic rings. The van der Waals surface area contributed by atoms with Crippen LogP contribution in [-0.2, 0) is 16.6 Å². The van der Waals surface area contributed by atoms with Crippen molar-refractivity contribution in [3.05, 3.63) is 34.6 Å². The molecule has 0 atom stereocenters. The van der Waals surface area contributed by atoms with E-state index >= 15 is 0 Å². The summed E-state index contributed by atoms with van der Waals surface area (Å²) in [5.41, 5.74) is 1.19. The molecule has 5 nitrogen and oxygen atoms in total. The highest BCUT2D eigenvalue weighted by atomic mass is 32.2. The van der Waals surface area contributed by atoms with Gasteiger partial charge in [0.05, 0.1) is 23.2 Å². The van der Waals surface area contributed by atoms with Gasteiger partial charge in [0.25, 0.3) is 0 Å². The van der Waals surface area contributed by atoms with Gasteiger partial charge in [-0.15, -0.1) is 0 Å². The molecule has 0 bridgehead atoms. The summed E-state index contributed by atoms with van der Waals surface area (Å²) >= 11 is 0. The van der Waals surface area contributed by atoms with Gasteiger partial charge in [0.15, 0.2) is 0 Å². The number of unbranched alkanes of at least 4 members (excludes halogenated alkanes) is 1. The van der Waals surface area contributed by atoms with Crippen LogP contribution in [-0.4, -0.2) is 34.4 Å². The molecular weight excluding hydrogens is 276 g/mol. The van der Waals surface area contributed by atoms with Crippen molar-refractivity contribution in [3.63, 3.8) is 0 Å². The zero-order chi connectivity index (χ0) is 14.8. The minimum absolute atomic E-state index is 0.330. The predicted octanol–water partition coefficient (Wildman–Crippen LogP) is 1.26. The molecule has 0 aliphatic carbocycles. The largest absolute Gasteiger partial charge is 0.545 e. The Kier molecular flexibility index (Phi) is 7.58. The number of benzene rings is 1. The van der Waals surface area contributed by atoms with Crippen LogP contribution < -0.4 is 10.1 Å². The van der Waals surface area contributed by atoms with Crippen molar-refractivity contribution < 1.29 is 18.5 Å². The Bertz CT molecular complexity index is 472. The number of rotatable bonds is 10. The molecule has 0 amide bonds. The van der Waals surface area contributed by atoms with Gasteiger partial charge in [0.2, 0.25) is 0 Å². The lowest BCUT2D eigenvalue weighted by atomic mass is 10.2. The van der Waals surface area contributed by atoms with Crippen molar-refractivity contribution in [1.82, 2.24) is 0 Å². The highest BCUT2D eigenvalue weighted by molar-refractivity contribution is 7.93. The molecule has 114 valence electrons. The quantitative estimate of drug-likeness (QED) is 0.661. The van der Waals surface area contributed by atoms with Crippen LogP contribution in [0.2, 0.25) is 0 Å². The summed E-state index contributed by atoms with van der Waals surface area (Å²) in [6.07, 6.45) is 3.31. The molecule has 0 heterocycles. The third kappa shape index (κ3) is 8.14. The summed E-state index contributed by atoms with van der Waals surface area (Å²) in [5.74, 6) is 0.897. The third-order valence-electron chi connectivity index (χ3n) is 2.73. The molecule has 0 aliphatic rings. The molecule has 1 aromatic carbocycles. The van der Waals surface area contributed by atoms with Crippen molar-refractivity contribution in [2.45, 2.75) is 26.3 Å². The normalized spacial score (nSPS) is 11.5. The standard InChI is InChI=1S/C14H23N2O3S/c1-3-4-11-19-14-7-5-13(6-8-14)12-15-9-10-16-20(2,17)18/h5-8,15H,3-4,9-12H2,1-2H3/q-1/p+1. The second kappa shape index (κ2) is 8.94. The van der Waals surface area contributed by atoms with E-state index in [1.165, 1.54) is 5.56 Å². The summed E-state index contributed by atoms with van der Waals surface area (Å²) in [6, 6.07) is 8.01. The number of nitrogens with two attached hydrogens (primary N) is 1. The second-order valence-electron chi connectivity index (χ2n) is 4.71. The van der Waals surface area contributed by atoms with E-state index in [1.54, 1.807) is 0 Å². The van der Waals surface area contributed by atoms with E-state index in [1.807, 2.05) is 29.6 Å². The van der Waals surface area contributed by atoms with Gasteiger partial charge < -0.3 is 14.8 Å². The molecule has 0 spiro atoms. The summed E-state index contributed by atoms with van der Waals surface area (Å²) in [7, 11) is -3.20. The van der Waals surface area contributed by atoms with E-state index in [2.05, 4.69) is 11.6 Å². The zero-order valence-electron chi connectivity index (χ0n) is 12.2. The molecule has 1 rings (SSSR count).